The molecule has 1 saturated heterocycles. The molecule has 4 heterocycles. The minimum absolute atomic E-state index is 0. The van der Waals surface area contributed by atoms with Crippen LogP contribution < -0.4 is 91.3 Å². The zero-order valence-electron chi connectivity index (χ0n) is 68.2. The molecule has 8 aromatic carbocycles. The maximum atomic E-state index is 13.6. The van der Waals surface area contributed by atoms with Gasteiger partial charge in [-0.05, 0) is 253 Å². The van der Waals surface area contributed by atoms with Gasteiger partial charge in [-0.2, -0.15) is 4.39 Å². The summed E-state index contributed by atoms with van der Waals surface area (Å²) >= 11 is 51.7. The van der Waals surface area contributed by atoms with Gasteiger partial charge >= 0.3 is 65.0 Å². The van der Waals surface area contributed by atoms with Gasteiger partial charge in [0.25, 0.3) is 23.2 Å². The summed E-state index contributed by atoms with van der Waals surface area (Å²) in [6.45, 7) is 12.7. The number of amides is 5. The van der Waals surface area contributed by atoms with E-state index >= 15 is 0 Å². The topological polar surface area (TPSA) is 607 Å². The number of ether oxygens (including phenoxy) is 1. The van der Waals surface area contributed by atoms with Crippen molar-refractivity contribution >= 4 is 289 Å². The number of nitrogen functional groups attached to an aromatic ring is 3. The Labute approximate surface area is 857 Å². The number of piperazine rings is 1. The number of Topliss-reactive ketones (excluding diaryl/α,β-unsaturated/α-hetero) is 1. The van der Waals surface area contributed by atoms with Crippen LogP contribution in [0.15, 0.2) is 148 Å². The number of hydrogen-bond acceptors (Lipinski definition) is 24. The standard InChI is InChI=1S/C11H22N2O2.C8HBrCl3FN2.C8H3BrClFN2O2.C8H6BrFN2O2.C8H3BrFNO2.C7H4BrClFNO2.C7H5BrFNO2.C6H3BrFNO2.C6H5BrFN.C2H6O2.CH3F.CH4N2O.CH4.H3N2O.Na/c1-8-6-12-7-9(2)13(8)10(14)15-11(3,4)5;9-3-1-2-6(5(13)4(3)10)14-8(12)15-7(2)11;9-3-1-2-6(5(11)4(3)10)12-8(15)13-7(2)14;9-5-2-1-3-6(8(5)10)12-7(13)4-11-14;9-4-2-1-3-6(5(4)10)11-8(13)7(3)12;8-4-3(9)1-2(7(12)13)6(11)5(4)10;8-4-2-1-3(7(11)12)6(10)5(4)9;7-4-2-1-3-5(6(4)8)9(10)11;7-4-2-1-3-5(9)6(4)8;1-2(3)4;1-2;2-1(3)4;;1-2-3;/h8-9,12H,6-7H2,1-5H3;1H;1H,(H2,12,13,14,15);1-4,14H,(H,12,13);1-2H,(H,11,12,13);1H,11H2,(H,12,13);1-2H,10H2,(H,11,12);1-3H;1-3H,9H2;2-4H,1H3;1H3;(H4,2,3,4);1H4;3H,1H2;/q;;;;;;;;;;;;;-1;+1/b;;;11-4+;;;;;;;;;;;/t8-,9+;;;;;;;;;;;;;;/i;;;;;;;;;;1D;;;;. The van der Waals surface area contributed by atoms with E-state index in [0.717, 1.165) is 25.2 Å². The number of ketones is 1. The van der Waals surface area contributed by atoms with E-state index in [4.69, 9.17) is 117 Å². The second-order valence-corrected chi connectivity index (χ2v) is 33.3. The van der Waals surface area contributed by atoms with Crippen molar-refractivity contribution in [3.8, 4) is 0 Å². The van der Waals surface area contributed by atoms with E-state index in [-0.39, 0.29) is 163 Å². The van der Waals surface area contributed by atoms with Gasteiger partial charge in [-0.3, -0.25) is 38.7 Å². The average Bonchev–Trinajstić information content (AvgIpc) is 1.01. The molecule has 0 saturated carbocycles. The van der Waals surface area contributed by atoms with Crippen LogP contribution in [-0.4, -0.2) is 153 Å². The van der Waals surface area contributed by atoms with Crippen LogP contribution in [0.2, 0.25) is 25.5 Å². The number of nitrogens with one attached hydrogen (secondary N) is 5. The van der Waals surface area contributed by atoms with Crippen LogP contribution in [0.5, 0.6) is 0 Å². The summed E-state index contributed by atoms with van der Waals surface area (Å²) in [7, 11) is -1.00. The number of primary amides is 2. The second-order valence-electron chi connectivity index (χ2n) is 24.6. The minimum Gasteiger partial charge on any atom is -0.488 e. The van der Waals surface area contributed by atoms with Crippen LogP contribution >= 0.6 is 185 Å². The van der Waals surface area contributed by atoms with Crippen LogP contribution in [0.4, 0.5) is 83.2 Å². The number of H-pyrrole nitrogens is 2. The van der Waals surface area contributed by atoms with E-state index < -0.39 is 129 Å². The quantitative estimate of drug-likeness (QED) is 0.00607. The number of urea groups is 1. The Morgan fingerprint density at radius 2 is 1.13 bits per heavy atom. The molecule has 0 radical (unpaired) electrons. The number of nitro benzene ring substituents is 1. The van der Waals surface area contributed by atoms with Crippen LogP contribution in [0, 0.1) is 56.7 Å². The number of aliphatic hydroxyl groups excluding tert-OH is 1. The molecule has 0 unspecified atom stereocenters. The Kier molecular flexibility index (Phi) is 59.6. The summed E-state index contributed by atoms with van der Waals surface area (Å²) in [5, 5.41) is 67.7. The van der Waals surface area contributed by atoms with Crippen molar-refractivity contribution in [3.05, 3.63) is 258 Å². The Morgan fingerprint density at radius 3 is 1.60 bits per heavy atom. The first-order valence-corrected chi connectivity index (χ1v) is 42.1. The molecule has 2 aromatic heterocycles. The molecule has 35 nitrogen and oxygen atoms in total. The molecule has 2 aliphatic heterocycles. The molecule has 0 bridgehead atoms. The fourth-order valence-corrected chi connectivity index (χ4v) is 12.6. The van der Waals surface area contributed by atoms with Crippen molar-refractivity contribution in [3.63, 3.8) is 0 Å². The van der Waals surface area contributed by atoms with Crippen molar-refractivity contribution in [1.82, 2.24) is 30.2 Å². The van der Waals surface area contributed by atoms with E-state index in [1.807, 2.05) is 50.1 Å². The summed E-state index contributed by atoms with van der Waals surface area (Å²) in [5.74, 6) is -6.22. The molecule has 10 aromatic rings. The number of aromatic carboxylic acids is 2. The van der Waals surface area contributed by atoms with Gasteiger partial charge in [0.1, 0.15) is 28.8 Å². The molecule has 716 valence electrons. The number of hydrogen-bond donors (Lipinski definition) is 17. The smallest absolute Gasteiger partial charge is 0.488 e. The summed E-state index contributed by atoms with van der Waals surface area (Å²) < 4.78 is 128. The van der Waals surface area contributed by atoms with Crippen molar-refractivity contribution in [2.75, 3.05) is 48.1 Å². The fourth-order valence-electron chi connectivity index (χ4n) is 8.79. The van der Waals surface area contributed by atoms with Crippen LogP contribution in [0.3, 0.4) is 0 Å². The Balaban J connectivity index is -0.00000140. The number of fused-ring (bicyclic) bond motifs is 3. The number of oxime groups is 1. The molecule has 23 N–H and O–H groups in total. The van der Waals surface area contributed by atoms with Gasteiger partial charge in [-0.25, -0.2) is 64.7 Å². The molecular formula is C74H72Br8Cl5F9N17NaO18. The number of carbonyl (C=O) groups is 7. The maximum Gasteiger partial charge on any atom is 1.00 e. The third-order valence-corrected chi connectivity index (χ3v) is 21.4. The number of carbonyl (C=O) groups excluding carboxylic acids is 5. The second kappa shape index (κ2) is 62.5. The molecule has 58 heteroatoms. The molecule has 1 fully saturated rings. The Bertz CT molecular complexity index is 5870. The van der Waals surface area contributed by atoms with E-state index in [2.05, 4.69) is 181 Å². The minimum atomic E-state index is -1.31. The van der Waals surface area contributed by atoms with Gasteiger partial charge < -0.3 is 102 Å². The SMILES string of the molecule is C.CC(O)O.C[C@@H]1CNC[C@H](C)N1C(=O)OC(C)(C)C.Fc1c(Cl)c(Br)cc2c(Cl)nc(Cl)nc12.NC(N)=O.N[N-]O.Nc1c(C(=O)O)cc(Cl)c(Br)c1F.Nc1c(C(=O)O)ccc(Br)c1F.Nc1cccc(Br)c1F.O=C(/C=N/O)Nc1cccc(Br)c1F.O=C1Nc2c(ccc(Br)c2F)C1=O.O=[N+]([O-])c1cccc(Br)c1F.O=c1[nH]c(=O)c2cc(Br)c(Cl)c(F)c2[nH]1.[2H]CF.[Na+]. The summed E-state index contributed by atoms with van der Waals surface area (Å²) in [4.78, 5) is 120. The number of carboxylic acids is 2. The zero-order valence-corrected chi connectivity index (χ0v) is 85.7. The van der Waals surface area contributed by atoms with Crippen molar-refractivity contribution < 1.29 is 145 Å². The number of aromatic nitrogens is 4. The van der Waals surface area contributed by atoms with Gasteiger partial charge in [0.05, 0.1) is 111 Å². The van der Waals surface area contributed by atoms with E-state index in [1.54, 1.807) is 24.3 Å². The van der Waals surface area contributed by atoms with Crippen LogP contribution in [-0.2, 0) is 14.3 Å². The van der Waals surface area contributed by atoms with E-state index in [9.17, 15) is 88.0 Å². The summed E-state index contributed by atoms with van der Waals surface area (Å²) in [6, 6.07) is 22.1. The first-order chi connectivity index (χ1) is 60.7. The Hall–Kier alpha value is -8.18. The molecular weight excluding hydrogens is 2430 g/mol. The normalized spacial score (nSPS) is 12.2. The number of anilines is 5. The molecule has 0 spiro atoms. The Morgan fingerprint density at radius 1 is 0.682 bits per heavy atom. The van der Waals surface area contributed by atoms with Gasteiger partial charge in [0.2, 0.25) is 11.1 Å². The average molecular weight is 2500 g/mol. The first-order valence-electron chi connectivity index (χ1n) is 34.6. The number of alkyl halides is 1. The summed E-state index contributed by atoms with van der Waals surface area (Å²) in [5.41, 5.74) is 22.5. The van der Waals surface area contributed by atoms with Gasteiger partial charge in [-0.15, -0.1) is 0 Å². The number of carboxylic acid groups (broad SMARTS) is 2. The van der Waals surface area contributed by atoms with Crippen LogP contribution in [0.25, 0.3) is 27.4 Å². The van der Waals surface area contributed by atoms with E-state index in [1.165, 1.54) is 67.6 Å². The zero-order chi connectivity index (χ0) is 101. The molecule has 5 amide bonds. The van der Waals surface area contributed by atoms with Gasteiger partial charge in [0.15, 0.2) is 40.7 Å². The van der Waals surface area contributed by atoms with Crippen molar-refractivity contribution in [2.45, 2.75) is 72.9 Å². The van der Waals surface area contributed by atoms with Gasteiger partial charge in [0, 0.05) is 45.6 Å². The largest absolute Gasteiger partial charge is 1.00 e. The maximum absolute atomic E-state index is 13.6. The first kappa shape index (κ1) is 126. The number of nitrogens with two attached hydrogens (primary N) is 6. The molecule has 132 heavy (non-hydrogen) atoms. The third-order valence-electron chi connectivity index (χ3n) is 14.1. The molecule has 0 aliphatic carbocycles. The monoisotopic (exact) mass is 2490 g/mol. The number of nitrogens with zero attached hydrogens (tertiary/aromatic N) is 6. The number of nitro groups is 1. The number of benzene rings is 8. The van der Waals surface area contributed by atoms with Crippen molar-refractivity contribution in [2.24, 2.45) is 22.5 Å². The number of aliphatic hydroxyl groups is 2. The fraction of sp³-hybridized carbons (Fsp3) is 0.189. The van der Waals surface area contributed by atoms with Crippen LogP contribution in [0.1, 0.15) is 81.4 Å². The number of aromatic amines is 2. The van der Waals surface area contributed by atoms with E-state index in [0.29, 0.717) is 20.5 Å². The van der Waals surface area contributed by atoms with Gasteiger partial charge in [-0.1, -0.05) is 77.2 Å². The number of halogens is 22. The number of rotatable bonds is 5. The predicted molar refractivity (Wildman–Crippen MR) is 506 cm³/mol. The molecule has 2 aliphatic rings. The molecule has 12 rings (SSSR count). The third kappa shape index (κ3) is 42.0. The van der Waals surface area contributed by atoms with Crippen molar-refractivity contribution in [1.29, 1.82) is 0 Å². The predicted octanol–water partition coefficient (Wildman–Crippen LogP) is 16.8. The molecule has 2 atom stereocenters. The summed E-state index contributed by atoms with van der Waals surface area (Å²) in [6.07, 6.45) is -0.732.